The highest BCUT2D eigenvalue weighted by Gasteiger charge is 2.12. The molecule has 2 aromatic carbocycles. The number of non-ortho nitro benzene ring substituents is 1. The van der Waals surface area contributed by atoms with E-state index in [1.807, 2.05) is 0 Å². The van der Waals surface area contributed by atoms with Crippen LogP contribution in [0, 0.1) is 10.1 Å². The lowest BCUT2D eigenvalue weighted by atomic mass is 10.2. The quantitative estimate of drug-likeness (QED) is 0.332. The summed E-state index contributed by atoms with van der Waals surface area (Å²) in [5.74, 6) is 0.143. The highest BCUT2D eigenvalue weighted by Crippen LogP contribution is 2.16. The van der Waals surface area contributed by atoms with Crippen molar-refractivity contribution in [2.45, 2.75) is 0 Å². The molecule has 0 aliphatic rings. The Morgan fingerprint density at radius 2 is 1.92 bits per heavy atom. The maximum absolute atomic E-state index is 12.1. The van der Waals surface area contributed by atoms with Gasteiger partial charge in [-0.2, -0.15) is 0 Å². The van der Waals surface area contributed by atoms with Gasteiger partial charge in [0.25, 0.3) is 11.6 Å². The largest absolute Gasteiger partial charge is 0.491 e. The molecule has 9 heteroatoms. The number of amides is 1. The molecule has 26 heavy (non-hydrogen) atoms. The fourth-order valence-corrected chi connectivity index (χ4v) is 2.19. The number of thiocarbonyl (C=S) groups is 1. The van der Waals surface area contributed by atoms with E-state index in [2.05, 4.69) is 10.6 Å². The van der Waals surface area contributed by atoms with E-state index in [9.17, 15) is 14.9 Å². The van der Waals surface area contributed by atoms with Crippen molar-refractivity contribution in [3.8, 4) is 5.75 Å². The summed E-state index contributed by atoms with van der Waals surface area (Å²) in [6.45, 7) is 0.939. The van der Waals surface area contributed by atoms with Crippen LogP contribution in [-0.2, 0) is 4.74 Å². The summed E-state index contributed by atoms with van der Waals surface area (Å²) in [6.07, 6.45) is 0. The molecule has 0 unspecified atom stereocenters. The molecule has 0 aromatic heterocycles. The second-order valence-electron chi connectivity index (χ2n) is 5.08. The summed E-state index contributed by atoms with van der Waals surface area (Å²) in [6, 6.07) is 12.4. The van der Waals surface area contributed by atoms with Crippen molar-refractivity contribution < 1.29 is 19.2 Å². The second-order valence-corrected chi connectivity index (χ2v) is 5.49. The van der Waals surface area contributed by atoms with Crippen molar-refractivity contribution in [1.29, 1.82) is 0 Å². The Kier molecular flexibility index (Phi) is 7.01. The van der Waals surface area contributed by atoms with Crippen molar-refractivity contribution in [1.82, 2.24) is 5.32 Å². The van der Waals surface area contributed by atoms with Gasteiger partial charge in [0.15, 0.2) is 5.11 Å². The molecule has 0 saturated heterocycles. The minimum atomic E-state index is -0.566. The maximum Gasteiger partial charge on any atom is 0.270 e. The number of nitro groups is 1. The van der Waals surface area contributed by atoms with Gasteiger partial charge in [0.1, 0.15) is 12.4 Å². The Labute approximate surface area is 155 Å². The lowest BCUT2D eigenvalue weighted by Gasteiger charge is -2.10. The van der Waals surface area contributed by atoms with Gasteiger partial charge >= 0.3 is 0 Å². The molecule has 0 fully saturated rings. The minimum absolute atomic E-state index is 0.0783. The fourth-order valence-electron chi connectivity index (χ4n) is 1.98. The highest BCUT2D eigenvalue weighted by molar-refractivity contribution is 7.80. The van der Waals surface area contributed by atoms with Crippen LogP contribution in [0.5, 0.6) is 5.75 Å². The third-order valence-electron chi connectivity index (χ3n) is 3.21. The molecule has 2 N–H and O–H groups in total. The van der Waals surface area contributed by atoms with Crippen LogP contribution in [0.15, 0.2) is 48.5 Å². The van der Waals surface area contributed by atoms with Gasteiger partial charge in [0.05, 0.1) is 11.5 Å². The molecule has 0 atom stereocenters. The SMILES string of the molecule is COCCOc1ccc(NC(=S)NC(=O)c2cccc([N+](=O)[O-])c2)cc1. The molecular weight excluding hydrogens is 358 g/mol. The average molecular weight is 375 g/mol. The number of carbonyl (C=O) groups excluding carboxylic acids is 1. The van der Waals surface area contributed by atoms with Crippen LogP contribution < -0.4 is 15.4 Å². The topological polar surface area (TPSA) is 103 Å². The molecule has 0 spiro atoms. The zero-order valence-electron chi connectivity index (χ0n) is 13.9. The van der Waals surface area contributed by atoms with Gasteiger partial charge in [0.2, 0.25) is 0 Å². The van der Waals surface area contributed by atoms with Gasteiger partial charge in [-0.25, -0.2) is 0 Å². The molecule has 0 heterocycles. The van der Waals surface area contributed by atoms with E-state index in [0.717, 1.165) is 0 Å². The number of nitrogens with zero attached hydrogens (tertiary/aromatic N) is 1. The predicted molar refractivity (Wildman–Crippen MR) is 101 cm³/mol. The van der Waals surface area contributed by atoms with Crippen LogP contribution >= 0.6 is 12.2 Å². The zero-order chi connectivity index (χ0) is 18.9. The lowest BCUT2D eigenvalue weighted by Crippen LogP contribution is -2.34. The predicted octanol–water partition coefficient (Wildman–Crippen LogP) is 2.75. The number of rotatable bonds is 7. The molecule has 136 valence electrons. The summed E-state index contributed by atoms with van der Waals surface area (Å²) in [5, 5.41) is 16.2. The average Bonchev–Trinajstić information content (AvgIpc) is 2.63. The van der Waals surface area contributed by atoms with Gasteiger partial charge in [-0.15, -0.1) is 0 Å². The van der Waals surface area contributed by atoms with Crippen molar-refractivity contribution in [3.05, 3.63) is 64.2 Å². The van der Waals surface area contributed by atoms with E-state index < -0.39 is 10.8 Å². The van der Waals surface area contributed by atoms with Crippen LogP contribution in [-0.4, -0.2) is 36.3 Å². The van der Waals surface area contributed by atoms with E-state index in [0.29, 0.717) is 24.7 Å². The standard InChI is InChI=1S/C17H17N3O5S/c1-24-9-10-25-15-7-5-13(6-8-15)18-17(26)19-16(21)12-3-2-4-14(11-12)20(22)23/h2-8,11H,9-10H2,1H3,(H2,18,19,21,26). The number of nitro benzene ring substituents is 1. The number of hydrogen-bond donors (Lipinski definition) is 2. The molecule has 0 aliphatic carbocycles. The van der Waals surface area contributed by atoms with Crippen LogP contribution in [0.4, 0.5) is 11.4 Å². The Bertz CT molecular complexity index is 795. The van der Waals surface area contributed by atoms with Gasteiger partial charge in [-0.3, -0.25) is 20.2 Å². The first-order valence-corrected chi connectivity index (χ1v) is 7.99. The Morgan fingerprint density at radius 3 is 2.58 bits per heavy atom. The van der Waals surface area contributed by atoms with Crippen LogP contribution in [0.25, 0.3) is 0 Å². The number of anilines is 1. The van der Waals surface area contributed by atoms with E-state index in [1.54, 1.807) is 31.4 Å². The molecule has 8 nitrogen and oxygen atoms in total. The third kappa shape index (κ3) is 5.80. The first-order valence-electron chi connectivity index (χ1n) is 7.58. The third-order valence-corrected chi connectivity index (χ3v) is 3.42. The number of benzene rings is 2. The van der Waals surface area contributed by atoms with Crippen LogP contribution in [0.1, 0.15) is 10.4 Å². The zero-order valence-corrected chi connectivity index (χ0v) is 14.7. The van der Waals surface area contributed by atoms with Crippen molar-refractivity contribution in [2.75, 3.05) is 25.6 Å². The van der Waals surface area contributed by atoms with E-state index in [-0.39, 0.29) is 16.4 Å². The smallest absolute Gasteiger partial charge is 0.270 e. The molecule has 2 aromatic rings. The molecule has 0 bridgehead atoms. The molecule has 1 amide bonds. The Hall–Kier alpha value is -3.04. The van der Waals surface area contributed by atoms with Crippen molar-refractivity contribution >= 4 is 34.6 Å². The molecule has 0 radical (unpaired) electrons. The van der Waals surface area contributed by atoms with Crippen molar-refractivity contribution in [3.63, 3.8) is 0 Å². The first kappa shape index (κ1) is 19.3. The van der Waals surface area contributed by atoms with E-state index in [1.165, 1.54) is 24.3 Å². The lowest BCUT2D eigenvalue weighted by molar-refractivity contribution is -0.384. The number of nitrogens with one attached hydrogen (secondary N) is 2. The second kappa shape index (κ2) is 9.44. The van der Waals surface area contributed by atoms with Gasteiger partial charge in [-0.1, -0.05) is 6.07 Å². The summed E-state index contributed by atoms with van der Waals surface area (Å²) >= 11 is 5.09. The molecule has 0 saturated carbocycles. The monoisotopic (exact) mass is 375 g/mol. The van der Waals surface area contributed by atoms with Crippen LogP contribution in [0.2, 0.25) is 0 Å². The maximum atomic E-state index is 12.1. The fraction of sp³-hybridized carbons (Fsp3) is 0.176. The normalized spacial score (nSPS) is 10.0. The van der Waals surface area contributed by atoms with Gasteiger partial charge in [-0.05, 0) is 42.5 Å². The summed E-state index contributed by atoms with van der Waals surface area (Å²) in [7, 11) is 1.60. The number of methoxy groups -OCH3 is 1. The number of carbonyl (C=O) groups is 1. The molecule has 2 rings (SSSR count). The van der Waals surface area contributed by atoms with Crippen molar-refractivity contribution in [2.24, 2.45) is 0 Å². The van der Waals surface area contributed by atoms with Crippen LogP contribution in [0.3, 0.4) is 0 Å². The van der Waals surface area contributed by atoms with Gasteiger partial charge < -0.3 is 14.8 Å². The number of ether oxygens (including phenoxy) is 2. The first-order chi connectivity index (χ1) is 12.5. The molecular formula is C17H17N3O5S. The Balaban J connectivity index is 1.90. The van der Waals surface area contributed by atoms with E-state index in [4.69, 9.17) is 21.7 Å². The Morgan fingerprint density at radius 1 is 1.19 bits per heavy atom. The summed E-state index contributed by atoms with van der Waals surface area (Å²) in [5.41, 5.74) is 0.638. The summed E-state index contributed by atoms with van der Waals surface area (Å²) in [4.78, 5) is 22.3. The summed E-state index contributed by atoms with van der Waals surface area (Å²) < 4.78 is 10.4. The molecule has 0 aliphatic heterocycles. The van der Waals surface area contributed by atoms with E-state index >= 15 is 0 Å². The minimum Gasteiger partial charge on any atom is -0.491 e. The van der Waals surface area contributed by atoms with Gasteiger partial charge in [0, 0.05) is 30.5 Å². The number of hydrogen-bond acceptors (Lipinski definition) is 6. The highest BCUT2D eigenvalue weighted by atomic mass is 32.1.